The molecule has 0 aromatic carbocycles. The van der Waals surface area contributed by atoms with Crippen LogP contribution in [0.25, 0.3) is 0 Å². The Bertz CT molecular complexity index is 325. The highest BCUT2D eigenvalue weighted by atomic mass is 16.3. The van der Waals surface area contributed by atoms with Gasteiger partial charge < -0.3 is 10.0 Å². The number of aliphatic hydroxyl groups is 1. The summed E-state index contributed by atoms with van der Waals surface area (Å²) in [6.07, 6.45) is 2.84. The summed E-state index contributed by atoms with van der Waals surface area (Å²) in [6, 6.07) is 2.50. The normalized spacial score (nSPS) is 12.6. The number of anilines is 1. The van der Waals surface area contributed by atoms with E-state index in [0.717, 1.165) is 23.4 Å². The number of aromatic nitrogens is 1. The molecule has 1 N–H and O–H groups in total. The van der Waals surface area contributed by atoms with E-state index in [1.165, 1.54) is 0 Å². The predicted octanol–water partition coefficient (Wildman–Crippen LogP) is 2.12. The number of hydrogen-bond donors (Lipinski definition) is 1. The molecule has 0 aliphatic rings. The zero-order valence-electron chi connectivity index (χ0n) is 9.99. The van der Waals surface area contributed by atoms with Crippen molar-refractivity contribution >= 4 is 5.69 Å². The van der Waals surface area contributed by atoms with E-state index in [0.29, 0.717) is 6.04 Å². The van der Waals surface area contributed by atoms with Crippen molar-refractivity contribution in [3.05, 3.63) is 23.5 Å². The summed E-state index contributed by atoms with van der Waals surface area (Å²) in [4.78, 5) is 6.39. The van der Waals surface area contributed by atoms with Gasteiger partial charge in [-0.15, -0.1) is 0 Å². The number of aryl methyl sites for hydroxylation is 1. The van der Waals surface area contributed by atoms with Gasteiger partial charge in [-0.1, -0.05) is 6.92 Å². The second kappa shape index (κ2) is 5.12. The average Bonchev–Trinajstić information content (AvgIpc) is 2.27. The topological polar surface area (TPSA) is 36.4 Å². The molecule has 0 aliphatic carbocycles. The van der Waals surface area contributed by atoms with E-state index >= 15 is 0 Å². The molecule has 3 heteroatoms. The van der Waals surface area contributed by atoms with E-state index < -0.39 is 0 Å². The lowest BCUT2D eigenvalue weighted by molar-refractivity contribution is 0.281. The molecule has 0 aliphatic heterocycles. The highest BCUT2D eigenvalue weighted by Gasteiger charge is 2.12. The first kappa shape index (κ1) is 12.0. The second-order valence-electron chi connectivity index (χ2n) is 3.98. The average molecular weight is 208 g/mol. The standard InChI is InChI=1S/C12H20N2O/c1-5-10(3)14(4)12-6-9(2)13-7-11(12)8-15/h6-7,10,15H,5,8H2,1-4H3. The van der Waals surface area contributed by atoms with Crippen molar-refractivity contribution in [1.82, 2.24) is 4.98 Å². The highest BCUT2D eigenvalue weighted by Crippen LogP contribution is 2.22. The summed E-state index contributed by atoms with van der Waals surface area (Å²) < 4.78 is 0. The van der Waals surface area contributed by atoms with Crippen molar-refractivity contribution in [3.8, 4) is 0 Å². The summed E-state index contributed by atoms with van der Waals surface area (Å²) >= 11 is 0. The van der Waals surface area contributed by atoms with Gasteiger partial charge in [0.15, 0.2) is 0 Å². The van der Waals surface area contributed by atoms with Gasteiger partial charge in [-0.2, -0.15) is 0 Å². The Morgan fingerprint density at radius 1 is 1.53 bits per heavy atom. The number of nitrogens with zero attached hydrogens (tertiary/aromatic N) is 2. The van der Waals surface area contributed by atoms with Crippen molar-refractivity contribution < 1.29 is 5.11 Å². The summed E-state index contributed by atoms with van der Waals surface area (Å²) in [5.74, 6) is 0. The third-order valence-corrected chi connectivity index (χ3v) is 2.90. The largest absolute Gasteiger partial charge is 0.392 e. The third kappa shape index (κ3) is 2.69. The molecule has 0 amide bonds. The molecule has 1 rings (SSSR count). The molecular weight excluding hydrogens is 188 g/mol. The summed E-state index contributed by atoms with van der Waals surface area (Å²) in [7, 11) is 2.06. The Hall–Kier alpha value is -1.09. The maximum absolute atomic E-state index is 9.25. The lowest BCUT2D eigenvalue weighted by atomic mass is 10.1. The van der Waals surface area contributed by atoms with Gasteiger partial charge in [0.25, 0.3) is 0 Å². The van der Waals surface area contributed by atoms with E-state index in [1.807, 2.05) is 13.0 Å². The van der Waals surface area contributed by atoms with Crippen molar-refractivity contribution in [1.29, 1.82) is 0 Å². The zero-order chi connectivity index (χ0) is 11.4. The monoisotopic (exact) mass is 208 g/mol. The van der Waals surface area contributed by atoms with Crippen LogP contribution in [0.2, 0.25) is 0 Å². The molecule has 0 bridgehead atoms. The van der Waals surface area contributed by atoms with E-state index in [2.05, 4.69) is 30.8 Å². The van der Waals surface area contributed by atoms with Crippen LogP contribution in [0.3, 0.4) is 0 Å². The molecule has 1 atom stereocenters. The molecule has 3 nitrogen and oxygen atoms in total. The molecule has 0 fully saturated rings. The van der Waals surface area contributed by atoms with Gasteiger partial charge in [0.2, 0.25) is 0 Å². The van der Waals surface area contributed by atoms with Crippen LogP contribution in [0.4, 0.5) is 5.69 Å². The van der Waals surface area contributed by atoms with Crippen LogP contribution in [0.5, 0.6) is 0 Å². The van der Waals surface area contributed by atoms with Crippen LogP contribution in [0.15, 0.2) is 12.3 Å². The number of rotatable bonds is 4. The summed E-state index contributed by atoms with van der Waals surface area (Å²) in [5.41, 5.74) is 2.96. The Balaban J connectivity index is 3.05. The van der Waals surface area contributed by atoms with Crippen LogP contribution in [-0.2, 0) is 6.61 Å². The van der Waals surface area contributed by atoms with E-state index in [9.17, 15) is 5.11 Å². The van der Waals surface area contributed by atoms with Crippen molar-refractivity contribution in [2.24, 2.45) is 0 Å². The lowest BCUT2D eigenvalue weighted by Crippen LogP contribution is -2.29. The van der Waals surface area contributed by atoms with Crippen LogP contribution >= 0.6 is 0 Å². The molecule has 1 aromatic rings. The maximum Gasteiger partial charge on any atom is 0.0717 e. The quantitative estimate of drug-likeness (QED) is 0.823. The first-order valence-corrected chi connectivity index (χ1v) is 5.39. The fourth-order valence-corrected chi connectivity index (χ4v) is 1.54. The van der Waals surface area contributed by atoms with Crippen LogP contribution in [-0.4, -0.2) is 23.2 Å². The van der Waals surface area contributed by atoms with E-state index in [-0.39, 0.29) is 6.61 Å². The third-order valence-electron chi connectivity index (χ3n) is 2.90. The first-order chi connectivity index (χ1) is 7.10. The van der Waals surface area contributed by atoms with Gasteiger partial charge >= 0.3 is 0 Å². The fourth-order valence-electron chi connectivity index (χ4n) is 1.54. The Labute approximate surface area is 91.8 Å². The SMILES string of the molecule is CCC(C)N(C)c1cc(C)ncc1CO. The molecule has 84 valence electrons. The number of hydrogen-bond acceptors (Lipinski definition) is 3. The summed E-state index contributed by atoms with van der Waals surface area (Å²) in [6.45, 7) is 6.35. The molecule has 15 heavy (non-hydrogen) atoms. The number of aliphatic hydroxyl groups excluding tert-OH is 1. The van der Waals surface area contributed by atoms with Gasteiger partial charge in [0.1, 0.15) is 0 Å². The predicted molar refractivity (Wildman–Crippen MR) is 63.1 cm³/mol. The summed E-state index contributed by atoms with van der Waals surface area (Å²) in [5, 5.41) is 9.25. The minimum atomic E-state index is 0.0450. The highest BCUT2D eigenvalue weighted by molar-refractivity contribution is 5.53. The Morgan fingerprint density at radius 3 is 2.73 bits per heavy atom. The first-order valence-electron chi connectivity index (χ1n) is 5.39. The van der Waals surface area contributed by atoms with E-state index in [4.69, 9.17) is 0 Å². The van der Waals surface area contributed by atoms with Crippen LogP contribution < -0.4 is 4.90 Å². The fraction of sp³-hybridized carbons (Fsp3) is 0.583. The lowest BCUT2D eigenvalue weighted by Gasteiger charge is -2.28. The second-order valence-corrected chi connectivity index (χ2v) is 3.98. The van der Waals surface area contributed by atoms with Crippen LogP contribution in [0.1, 0.15) is 31.5 Å². The Morgan fingerprint density at radius 2 is 2.20 bits per heavy atom. The van der Waals surface area contributed by atoms with E-state index in [1.54, 1.807) is 6.20 Å². The minimum Gasteiger partial charge on any atom is -0.392 e. The molecule has 0 saturated carbocycles. The molecular formula is C12H20N2O. The van der Waals surface area contributed by atoms with Gasteiger partial charge in [0.05, 0.1) is 6.61 Å². The molecule has 0 saturated heterocycles. The van der Waals surface area contributed by atoms with Crippen molar-refractivity contribution in [2.45, 2.75) is 39.8 Å². The minimum absolute atomic E-state index is 0.0450. The zero-order valence-corrected chi connectivity index (χ0v) is 9.99. The maximum atomic E-state index is 9.25. The van der Waals surface area contributed by atoms with Gasteiger partial charge in [-0.3, -0.25) is 4.98 Å². The van der Waals surface area contributed by atoms with Gasteiger partial charge in [0, 0.05) is 36.2 Å². The van der Waals surface area contributed by atoms with Gasteiger partial charge in [-0.05, 0) is 26.3 Å². The van der Waals surface area contributed by atoms with Gasteiger partial charge in [-0.25, -0.2) is 0 Å². The van der Waals surface area contributed by atoms with Crippen molar-refractivity contribution in [3.63, 3.8) is 0 Å². The van der Waals surface area contributed by atoms with Crippen LogP contribution in [0, 0.1) is 6.92 Å². The van der Waals surface area contributed by atoms with Crippen molar-refractivity contribution in [2.75, 3.05) is 11.9 Å². The molecule has 1 heterocycles. The Kier molecular flexibility index (Phi) is 4.09. The molecule has 0 radical (unpaired) electrons. The smallest absolute Gasteiger partial charge is 0.0717 e. The number of pyridine rings is 1. The molecule has 0 spiro atoms. The molecule has 1 aromatic heterocycles. The molecule has 1 unspecified atom stereocenters.